The van der Waals surface area contributed by atoms with Crippen LogP contribution in [0.5, 0.6) is 0 Å². The van der Waals surface area contributed by atoms with Crippen molar-refractivity contribution in [1.82, 2.24) is 15.3 Å². The van der Waals surface area contributed by atoms with E-state index in [1.165, 1.54) is 6.20 Å². The van der Waals surface area contributed by atoms with Crippen molar-refractivity contribution in [2.75, 3.05) is 11.9 Å². The van der Waals surface area contributed by atoms with Crippen molar-refractivity contribution >= 4 is 11.7 Å². The number of hydrogen-bond acceptors (Lipinski definition) is 4. The predicted molar refractivity (Wildman–Crippen MR) is 61.3 cm³/mol. The highest BCUT2D eigenvalue weighted by atomic mass is 16.2. The molecule has 1 fully saturated rings. The first-order valence-electron chi connectivity index (χ1n) is 5.51. The van der Waals surface area contributed by atoms with Gasteiger partial charge in [0.25, 0.3) is 5.91 Å². The highest BCUT2D eigenvalue weighted by Gasteiger charge is 2.39. The Hall–Kier alpha value is -1.65. The van der Waals surface area contributed by atoms with Crippen LogP contribution in [-0.4, -0.2) is 28.0 Å². The van der Waals surface area contributed by atoms with E-state index in [0.29, 0.717) is 11.5 Å². The van der Waals surface area contributed by atoms with Crippen LogP contribution in [0.1, 0.15) is 37.2 Å². The van der Waals surface area contributed by atoms with E-state index >= 15 is 0 Å². The van der Waals surface area contributed by atoms with Crippen LogP contribution in [0.2, 0.25) is 0 Å². The molecule has 0 saturated heterocycles. The van der Waals surface area contributed by atoms with Crippen LogP contribution < -0.4 is 10.6 Å². The summed E-state index contributed by atoms with van der Waals surface area (Å²) in [4.78, 5) is 19.9. The predicted octanol–water partition coefficient (Wildman–Crippen LogP) is 1.19. The number of carbonyl (C=O) groups excluding carboxylic acids is 1. The Morgan fingerprint density at radius 2 is 2.19 bits per heavy atom. The van der Waals surface area contributed by atoms with Crippen LogP contribution >= 0.6 is 0 Å². The zero-order chi connectivity index (χ0) is 11.6. The number of aromatic nitrogens is 2. The summed E-state index contributed by atoms with van der Waals surface area (Å²) in [6.07, 6.45) is 5.16. The Morgan fingerprint density at radius 1 is 1.44 bits per heavy atom. The van der Waals surface area contributed by atoms with Crippen LogP contribution in [0.25, 0.3) is 0 Å². The van der Waals surface area contributed by atoms with Gasteiger partial charge in [-0.1, -0.05) is 0 Å². The maximum atomic E-state index is 11.7. The first-order chi connectivity index (χ1) is 7.63. The molecule has 86 valence electrons. The highest BCUT2D eigenvalue weighted by molar-refractivity contribution is 5.92. The van der Waals surface area contributed by atoms with Gasteiger partial charge in [0.15, 0.2) is 0 Å². The van der Waals surface area contributed by atoms with Crippen LogP contribution in [0, 0.1) is 0 Å². The second-order valence-corrected chi connectivity index (χ2v) is 4.33. The molecule has 2 rings (SSSR count). The molecule has 1 aromatic rings. The zero-order valence-corrected chi connectivity index (χ0v) is 9.58. The largest absolute Gasteiger partial charge is 0.369 e. The monoisotopic (exact) mass is 220 g/mol. The third-order valence-electron chi connectivity index (χ3n) is 2.66. The molecule has 0 bridgehead atoms. The lowest BCUT2D eigenvalue weighted by Crippen LogP contribution is -2.34. The number of nitrogens with zero attached hydrogens (tertiary/aromatic N) is 2. The molecule has 0 spiro atoms. The summed E-state index contributed by atoms with van der Waals surface area (Å²) in [5, 5.41) is 5.97. The highest BCUT2D eigenvalue weighted by Crippen LogP contribution is 2.34. The van der Waals surface area contributed by atoms with Gasteiger partial charge in [-0.25, -0.2) is 9.97 Å². The first-order valence-corrected chi connectivity index (χ1v) is 5.51. The SMILES string of the molecule is CCNc1cnc(C(=O)NC2(C)CC2)cn1. The maximum Gasteiger partial charge on any atom is 0.271 e. The molecule has 5 heteroatoms. The molecule has 0 aromatic carbocycles. The fourth-order valence-corrected chi connectivity index (χ4v) is 1.37. The summed E-state index contributed by atoms with van der Waals surface area (Å²) < 4.78 is 0. The van der Waals surface area contributed by atoms with Gasteiger partial charge in [-0.2, -0.15) is 0 Å². The molecule has 1 heterocycles. The Morgan fingerprint density at radius 3 is 2.69 bits per heavy atom. The molecule has 2 N–H and O–H groups in total. The number of anilines is 1. The summed E-state index contributed by atoms with van der Waals surface area (Å²) in [5.41, 5.74) is 0.355. The summed E-state index contributed by atoms with van der Waals surface area (Å²) in [5.74, 6) is 0.548. The third-order valence-corrected chi connectivity index (χ3v) is 2.66. The molecule has 0 atom stereocenters. The maximum absolute atomic E-state index is 11.7. The van der Waals surface area contributed by atoms with Crippen molar-refractivity contribution in [3.8, 4) is 0 Å². The van der Waals surface area contributed by atoms with Crippen molar-refractivity contribution in [3.05, 3.63) is 18.1 Å². The molecular weight excluding hydrogens is 204 g/mol. The lowest BCUT2D eigenvalue weighted by molar-refractivity contribution is 0.0930. The lowest BCUT2D eigenvalue weighted by atomic mass is 10.3. The van der Waals surface area contributed by atoms with Gasteiger partial charge in [-0.05, 0) is 26.7 Å². The van der Waals surface area contributed by atoms with E-state index in [1.54, 1.807) is 6.20 Å². The minimum absolute atomic E-state index is 0.0148. The average Bonchev–Trinajstić information content (AvgIpc) is 2.97. The van der Waals surface area contributed by atoms with E-state index < -0.39 is 0 Å². The van der Waals surface area contributed by atoms with Gasteiger partial charge in [0.1, 0.15) is 11.5 Å². The smallest absolute Gasteiger partial charge is 0.271 e. The van der Waals surface area contributed by atoms with Gasteiger partial charge >= 0.3 is 0 Å². The van der Waals surface area contributed by atoms with E-state index in [9.17, 15) is 4.79 Å². The molecular formula is C11H16N4O. The van der Waals surface area contributed by atoms with Gasteiger partial charge in [-0.3, -0.25) is 4.79 Å². The molecule has 0 unspecified atom stereocenters. The van der Waals surface area contributed by atoms with E-state index in [0.717, 1.165) is 19.4 Å². The van der Waals surface area contributed by atoms with Crippen LogP contribution in [0.3, 0.4) is 0 Å². The van der Waals surface area contributed by atoms with Crippen molar-refractivity contribution in [1.29, 1.82) is 0 Å². The summed E-state index contributed by atoms with van der Waals surface area (Å²) in [7, 11) is 0. The molecule has 1 aliphatic carbocycles. The van der Waals surface area contributed by atoms with Gasteiger partial charge in [-0.15, -0.1) is 0 Å². The zero-order valence-electron chi connectivity index (χ0n) is 9.58. The average molecular weight is 220 g/mol. The van der Waals surface area contributed by atoms with E-state index in [2.05, 4.69) is 20.6 Å². The second kappa shape index (κ2) is 4.08. The standard InChI is InChI=1S/C11H16N4O/c1-3-12-9-7-13-8(6-14-9)10(16)15-11(2)4-5-11/h6-7H,3-5H2,1-2H3,(H,12,14)(H,15,16). The van der Waals surface area contributed by atoms with E-state index in [4.69, 9.17) is 0 Å². The summed E-state index contributed by atoms with van der Waals surface area (Å²) in [6.45, 7) is 4.81. The molecule has 16 heavy (non-hydrogen) atoms. The van der Waals surface area contributed by atoms with Crippen molar-refractivity contribution in [2.24, 2.45) is 0 Å². The second-order valence-electron chi connectivity index (χ2n) is 4.33. The topological polar surface area (TPSA) is 66.9 Å². The number of carbonyl (C=O) groups is 1. The molecule has 1 saturated carbocycles. The van der Waals surface area contributed by atoms with E-state index in [1.807, 2.05) is 13.8 Å². The molecule has 1 aliphatic rings. The Balaban J connectivity index is 2.00. The first kappa shape index (κ1) is 10.9. The molecule has 1 aromatic heterocycles. The van der Waals surface area contributed by atoms with Gasteiger partial charge in [0, 0.05) is 12.1 Å². The van der Waals surface area contributed by atoms with Gasteiger partial charge in [0.2, 0.25) is 0 Å². The minimum atomic E-state index is -0.143. The number of hydrogen-bond donors (Lipinski definition) is 2. The Bertz CT molecular complexity index is 383. The van der Waals surface area contributed by atoms with Crippen molar-refractivity contribution in [3.63, 3.8) is 0 Å². The summed E-state index contributed by atoms with van der Waals surface area (Å²) in [6, 6.07) is 0. The fraction of sp³-hybridized carbons (Fsp3) is 0.545. The number of rotatable bonds is 4. The molecule has 5 nitrogen and oxygen atoms in total. The number of nitrogens with one attached hydrogen (secondary N) is 2. The summed E-state index contributed by atoms with van der Waals surface area (Å²) >= 11 is 0. The Kier molecular flexibility index (Phi) is 2.77. The third kappa shape index (κ3) is 2.48. The van der Waals surface area contributed by atoms with Crippen molar-refractivity contribution < 1.29 is 4.79 Å². The van der Waals surface area contributed by atoms with E-state index in [-0.39, 0.29) is 11.4 Å². The normalized spacial score (nSPS) is 16.6. The fourth-order valence-electron chi connectivity index (χ4n) is 1.37. The van der Waals surface area contributed by atoms with Crippen LogP contribution in [0.15, 0.2) is 12.4 Å². The van der Waals surface area contributed by atoms with Gasteiger partial charge < -0.3 is 10.6 Å². The van der Waals surface area contributed by atoms with Crippen LogP contribution in [-0.2, 0) is 0 Å². The Labute approximate surface area is 94.7 Å². The minimum Gasteiger partial charge on any atom is -0.369 e. The van der Waals surface area contributed by atoms with Crippen LogP contribution in [0.4, 0.5) is 5.82 Å². The lowest BCUT2D eigenvalue weighted by Gasteiger charge is -2.10. The molecule has 0 aliphatic heterocycles. The molecule has 1 amide bonds. The number of amides is 1. The quantitative estimate of drug-likeness (QED) is 0.800. The van der Waals surface area contributed by atoms with Gasteiger partial charge in [0.05, 0.1) is 12.4 Å². The van der Waals surface area contributed by atoms with Crippen molar-refractivity contribution in [2.45, 2.75) is 32.2 Å². The molecule has 0 radical (unpaired) electrons.